The fourth-order valence-electron chi connectivity index (χ4n) is 4.19. The lowest BCUT2D eigenvalue weighted by atomic mass is 9.86. The predicted molar refractivity (Wildman–Crippen MR) is 109 cm³/mol. The number of hydrogen-bond acceptors (Lipinski definition) is 6. The number of hydrogen-bond donors (Lipinski definition) is 1. The van der Waals surface area contributed by atoms with Crippen LogP contribution < -0.4 is 0 Å². The molecule has 1 N–H and O–H groups in total. The molecule has 0 spiro atoms. The summed E-state index contributed by atoms with van der Waals surface area (Å²) in [6.07, 6.45) is 6.39. The van der Waals surface area contributed by atoms with Gasteiger partial charge in [-0.2, -0.15) is 0 Å². The fraction of sp³-hybridized carbons (Fsp3) is 0.700. The second-order valence-electron chi connectivity index (χ2n) is 7.63. The Bertz CT molecular complexity index is 581. The molecule has 2 saturated heterocycles. The van der Waals surface area contributed by atoms with E-state index in [1.54, 1.807) is 24.2 Å². The van der Waals surface area contributed by atoms with Crippen LogP contribution in [0.2, 0.25) is 0 Å². The third-order valence-corrected chi connectivity index (χ3v) is 6.80. The number of likely N-dealkylation sites (tertiary alicyclic amines) is 1. The summed E-state index contributed by atoms with van der Waals surface area (Å²) in [6.45, 7) is 6.38. The first-order valence-electron chi connectivity index (χ1n) is 10.0. The smallest absolute Gasteiger partial charge is 0.232 e. The number of amides is 1. The van der Waals surface area contributed by atoms with Gasteiger partial charge in [0.1, 0.15) is 0 Å². The molecule has 2 atom stereocenters. The summed E-state index contributed by atoms with van der Waals surface area (Å²) in [6, 6.07) is 4.44. The van der Waals surface area contributed by atoms with Crippen LogP contribution in [0.4, 0.5) is 0 Å². The number of rotatable bonds is 7. The second kappa shape index (κ2) is 10.4. The van der Waals surface area contributed by atoms with Gasteiger partial charge < -0.3 is 14.9 Å². The van der Waals surface area contributed by atoms with E-state index in [0.717, 1.165) is 63.4 Å². The molecule has 1 aromatic rings. The maximum atomic E-state index is 12.7. The van der Waals surface area contributed by atoms with E-state index in [0.29, 0.717) is 17.7 Å². The highest BCUT2D eigenvalue weighted by Gasteiger charge is 2.35. The van der Waals surface area contributed by atoms with Crippen molar-refractivity contribution in [3.63, 3.8) is 0 Å². The third-order valence-electron chi connectivity index (χ3n) is 5.80. The lowest BCUT2D eigenvalue weighted by Gasteiger charge is -2.46. The van der Waals surface area contributed by atoms with Crippen molar-refractivity contribution in [1.82, 2.24) is 19.7 Å². The highest BCUT2D eigenvalue weighted by Crippen LogP contribution is 2.28. The Hall–Kier alpha value is -1.15. The lowest BCUT2D eigenvalue weighted by Crippen LogP contribution is -2.57. The van der Waals surface area contributed by atoms with E-state index < -0.39 is 0 Å². The summed E-state index contributed by atoms with van der Waals surface area (Å²) >= 11 is 1.58. The van der Waals surface area contributed by atoms with Gasteiger partial charge in [-0.3, -0.25) is 14.7 Å². The summed E-state index contributed by atoms with van der Waals surface area (Å²) in [5.74, 6) is 1.17. The Morgan fingerprint density at radius 2 is 1.96 bits per heavy atom. The number of pyridine rings is 1. The van der Waals surface area contributed by atoms with Crippen molar-refractivity contribution < 1.29 is 9.90 Å². The number of aromatic nitrogens is 1. The molecule has 3 rings (SSSR count). The standard InChI is InChI=1S/C20H32N4O2S/c1-22-10-12-23(13-11-22)19-6-9-24(15-17(19)3-2-14-25)20(26)16-27-18-4-7-21-8-5-18/h4-5,7-8,17,19,25H,2-3,6,9-16H2,1H3/t17-,19+/m0/s1. The van der Waals surface area contributed by atoms with E-state index >= 15 is 0 Å². The minimum absolute atomic E-state index is 0.225. The van der Waals surface area contributed by atoms with Gasteiger partial charge >= 0.3 is 0 Å². The van der Waals surface area contributed by atoms with Gasteiger partial charge in [0.2, 0.25) is 5.91 Å². The molecule has 0 bridgehead atoms. The first-order chi connectivity index (χ1) is 13.2. The van der Waals surface area contributed by atoms with Crippen LogP contribution in [0.1, 0.15) is 19.3 Å². The van der Waals surface area contributed by atoms with Gasteiger partial charge in [0.15, 0.2) is 0 Å². The molecule has 27 heavy (non-hydrogen) atoms. The molecule has 0 aromatic carbocycles. The Balaban J connectivity index is 1.55. The molecule has 2 fully saturated rings. The largest absolute Gasteiger partial charge is 0.396 e. The molecule has 0 unspecified atom stereocenters. The zero-order valence-corrected chi connectivity index (χ0v) is 17.1. The molecule has 7 heteroatoms. The van der Waals surface area contributed by atoms with Crippen molar-refractivity contribution in [2.45, 2.75) is 30.2 Å². The van der Waals surface area contributed by atoms with Gasteiger partial charge in [0.25, 0.3) is 0 Å². The number of piperazine rings is 1. The van der Waals surface area contributed by atoms with Crippen molar-refractivity contribution in [1.29, 1.82) is 0 Å². The first-order valence-corrected chi connectivity index (χ1v) is 11.0. The Labute approximate surface area is 166 Å². The van der Waals surface area contributed by atoms with Crippen molar-refractivity contribution in [2.24, 2.45) is 5.92 Å². The zero-order valence-electron chi connectivity index (χ0n) is 16.3. The molecule has 6 nitrogen and oxygen atoms in total. The summed E-state index contributed by atoms with van der Waals surface area (Å²) in [5.41, 5.74) is 0. The van der Waals surface area contributed by atoms with Crippen LogP contribution in [-0.4, -0.2) is 95.4 Å². The van der Waals surface area contributed by atoms with Gasteiger partial charge in [-0.25, -0.2) is 0 Å². The summed E-state index contributed by atoms with van der Waals surface area (Å²) in [5, 5.41) is 9.30. The average Bonchev–Trinajstić information content (AvgIpc) is 2.71. The average molecular weight is 393 g/mol. The minimum atomic E-state index is 0.225. The maximum absolute atomic E-state index is 12.7. The second-order valence-corrected chi connectivity index (χ2v) is 8.68. The number of aliphatic hydroxyl groups is 1. The SMILES string of the molecule is CN1CCN([C@@H]2CCN(C(=O)CSc3ccncc3)C[C@@H]2CCCO)CC1. The number of piperidine rings is 1. The number of carbonyl (C=O) groups is 1. The summed E-state index contributed by atoms with van der Waals surface area (Å²) < 4.78 is 0. The highest BCUT2D eigenvalue weighted by atomic mass is 32.2. The van der Waals surface area contributed by atoms with Crippen LogP contribution in [0.25, 0.3) is 0 Å². The Kier molecular flexibility index (Phi) is 7.93. The van der Waals surface area contributed by atoms with Gasteiger partial charge in [-0.15, -0.1) is 11.8 Å². The number of carbonyl (C=O) groups excluding carboxylic acids is 1. The van der Waals surface area contributed by atoms with Gasteiger partial charge in [0, 0.05) is 69.2 Å². The summed E-state index contributed by atoms with van der Waals surface area (Å²) in [4.78, 5) is 24.9. The number of aliphatic hydroxyl groups excluding tert-OH is 1. The molecule has 3 heterocycles. The lowest BCUT2D eigenvalue weighted by molar-refractivity contribution is -0.131. The Morgan fingerprint density at radius 1 is 1.22 bits per heavy atom. The molecule has 0 radical (unpaired) electrons. The Morgan fingerprint density at radius 3 is 2.67 bits per heavy atom. The van der Waals surface area contributed by atoms with Gasteiger partial charge in [-0.1, -0.05) is 0 Å². The van der Waals surface area contributed by atoms with Crippen LogP contribution in [0.15, 0.2) is 29.4 Å². The monoisotopic (exact) mass is 392 g/mol. The van der Waals surface area contributed by atoms with Crippen molar-refractivity contribution in [3.05, 3.63) is 24.5 Å². The van der Waals surface area contributed by atoms with Crippen LogP contribution >= 0.6 is 11.8 Å². The van der Waals surface area contributed by atoms with Crippen LogP contribution in [-0.2, 0) is 4.79 Å². The van der Waals surface area contributed by atoms with Crippen molar-refractivity contribution >= 4 is 17.7 Å². The van der Waals surface area contributed by atoms with E-state index in [2.05, 4.69) is 21.8 Å². The van der Waals surface area contributed by atoms with Crippen LogP contribution in [0.3, 0.4) is 0 Å². The van der Waals surface area contributed by atoms with E-state index in [1.807, 2.05) is 17.0 Å². The van der Waals surface area contributed by atoms with Crippen LogP contribution in [0, 0.1) is 5.92 Å². The molecule has 1 aromatic heterocycles. The molecule has 150 valence electrons. The van der Waals surface area contributed by atoms with Gasteiger partial charge in [-0.05, 0) is 44.4 Å². The number of thioether (sulfide) groups is 1. The molecule has 1 amide bonds. The molecular weight excluding hydrogens is 360 g/mol. The molecule has 0 aliphatic carbocycles. The number of nitrogens with zero attached hydrogens (tertiary/aromatic N) is 4. The minimum Gasteiger partial charge on any atom is -0.396 e. The predicted octanol–water partition coefficient (Wildman–Crippen LogP) is 1.41. The quantitative estimate of drug-likeness (QED) is 0.708. The zero-order chi connectivity index (χ0) is 19.1. The molecule has 2 aliphatic rings. The fourth-order valence-corrected chi connectivity index (χ4v) is 4.98. The van der Waals surface area contributed by atoms with Crippen LogP contribution in [0.5, 0.6) is 0 Å². The first kappa shape index (κ1) is 20.6. The van der Waals surface area contributed by atoms with E-state index in [1.165, 1.54) is 0 Å². The van der Waals surface area contributed by atoms with Gasteiger partial charge in [0.05, 0.1) is 5.75 Å². The number of likely N-dealkylation sites (N-methyl/N-ethyl adjacent to an activating group) is 1. The van der Waals surface area contributed by atoms with Crippen molar-refractivity contribution in [3.8, 4) is 0 Å². The molecular formula is C20H32N4O2S. The molecule has 0 saturated carbocycles. The summed E-state index contributed by atoms with van der Waals surface area (Å²) in [7, 11) is 2.18. The maximum Gasteiger partial charge on any atom is 0.232 e. The topological polar surface area (TPSA) is 59.9 Å². The van der Waals surface area contributed by atoms with E-state index in [9.17, 15) is 9.90 Å². The normalized spacial score (nSPS) is 24.9. The van der Waals surface area contributed by atoms with E-state index in [-0.39, 0.29) is 12.5 Å². The van der Waals surface area contributed by atoms with E-state index in [4.69, 9.17) is 0 Å². The van der Waals surface area contributed by atoms with Crippen molar-refractivity contribution in [2.75, 3.05) is 58.7 Å². The third kappa shape index (κ3) is 5.91. The highest BCUT2D eigenvalue weighted by molar-refractivity contribution is 8.00. The molecule has 2 aliphatic heterocycles.